The van der Waals surface area contributed by atoms with Crippen molar-refractivity contribution in [2.45, 2.75) is 0 Å². The van der Waals surface area contributed by atoms with Gasteiger partial charge in [-0.25, -0.2) is 0 Å². The van der Waals surface area contributed by atoms with Gasteiger partial charge in [-0.05, 0) is 95.2 Å². The smallest absolute Gasteiger partial charge is 0.0441 e. The van der Waals surface area contributed by atoms with Gasteiger partial charge in [-0.15, -0.1) is 22.7 Å². The van der Waals surface area contributed by atoms with Crippen molar-refractivity contribution in [3.8, 4) is 33.4 Å². The molecule has 0 aliphatic heterocycles. The van der Waals surface area contributed by atoms with Crippen LogP contribution in [0.15, 0.2) is 182 Å². The molecule has 54 heavy (non-hydrogen) atoms. The molecular weight excluding hydrogens is 689 g/mol. The summed E-state index contributed by atoms with van der Waals surface area (Å²) >= 11 is 3.84. The van der Waals surface area contributed by atoms with Crippen LogP contribution in [0.3, 0.4) is 0 Å². The minimum Gasteiger partial charge on any atom is -0.135 e. The first kappa shape index (κ1) is 30.2. The molecule has 0 aliphatic rings. The predicted molar refractivity (Wildman–Crippen MR) is 239 cm³/mol. The van der Waals surface area contributed by atoms with Crippen LogP contribution in [0.2, 0.25) is 0 Å². The Hall–Kier alpha value is -6.32. The lowest BCUT2D eigenvalue weighted by Crippen LogP contribution is -1.91. The molecule has 0 fully saturated rings. The van der Waals surface area contributed by atoms with E-state index in [2.05, 4.69) is 182 Å². The fourth-order valence-corrected chi connectivity index (χ4v) is 11.5. The minimum absolute atomic E-state index is 1.23. The van der Waals surface area contributed by atoms with Gasteiger partial charge in [0.2, 0.25) is 0 Å². The van der Waals surface area contributed by atoms with Crippen LogP contribution >= 0.6 is 22.7 Å². The second-order valence-electron chi connectivity index (χ2n) is 14.3. The predicted octanol–water partition coefficient (Wildman–Crippen LogP) is 16.0. The molecule has 2 aromatic heterocycles. The fourth-order valence-electron chi connectivity index (χ4n) is 9.04. The first-order valence-electron chi connectivity index (χ1n) is 18.5. The van der Waals surface area contributed by atoms with E-state index >= 15 is 0 Å². The lowest BCUT2D eigenvalue weighted by Gasteiger charge is -2.18. The van der Waals surface area contributed by atoms with Gasteiger partial charge in [0.1, 0.15) is 0 Å². The summed E-state index contributed by atoms with van der Waals surface area (Å²) in [4.78, 5) is 0. The normalized spacial score (nSPS) is 12.1. The summed E-state index contributed by atoms with van der Waals surface area (Å²) < 4.78 is 5.39. The van der Waals surface area contributed by atoms with E-state index in [1.165, 1.54) is 117 Å². The molecule has 0 N–H and O–H groups in total. The molecule has 0 amide bonds. The monoisotopic (exact) mass is 718 g/mol. The van der Waals surface area contributed by atoms with Crippen molar-refractivity contribution in [2.75, 3.05) is 0 Å². The molecule has 10 aromatic carbocycles. The van der Waals surface area contributed by atoms with Crippen LogP contribution in [0.25, 0.3) is 117 Å². The molecule has 0 radical (unpaired) electrons. The molecule has 0 spiro atoms. The first-order chi connectivity index (χ1) is 26.8. The molecule has 12 aromatic rings. The average Bonchev–Trinajstić information content (AvgIpc) is 3.81. The van der Waals surface area contributed by atoms with Crippen LogP contribution in [0.1, 0.15) is 0 Å². The van der Waals surface area contributed by atoms with Gasteiger partial charge in [-0.3, -0.25) is 0 Å². The highest BCUT2D eigenvalue weighted by Crippen LogP contribution is 2.51. The maximum Gasteiger partial charge on any atom is 0.0441 e. The Labute approximate surface area is 319 Å². The highest BCUT2D eigenvalue weighted by atomic mass is 32.1. The van der Waals surface area contributed by atoms with Crippen LogP contribution in [0.5, 0.6) is 0 Å². The topological polar surface area (TPSA) is 0 Å². The van der Waals surface area contributed by atoms with Gasteiger partial charge in [-0.1, -0.05) is 158 Å². The van der Waals surface area contributed by atoms with E-state index < -0.39 is 0 Å². The molecule has 250 valence electrons. The van der Waals surface area contributed by atoms with Gasteiger partial charge < -0.3 is 0 Å². The SMILES string of the molecule is c1ccc2cc(-c3c4ccccc4c(-c4ccc(-c5cc6sc7ccccc7c6c6c5sc5ccc7ccccc7c56)cc4)c4ccccc34)ccc2c1. The number of hydrogen-bond donors (Lipinski definition) is 0. The summed E-state index contributed by atoms with van der Waals surface area (Å²) in [6.45, 7) is 0. The van der Waals surface area contributed by atoms with Crippen molar-refractivity contribution in [3.63, 3.8) is 0 Å². The highest BCUT2D eigenvalue weighted by Gasteiger charge is 2.21. The van der Waals surface area contributed by atoms with Crippen molar-refractivity contribution in [2.24, 2.45) is 0 Å². The highest BCUT2D eigenvalue weighted by molar-refractivity contribution is 7.28. The van der Waals surface area contributed by atoms with E-state index in [1.54, 1.807) is 0 Å². The minimum atomic E-state index is 1.23. The fraction of sp³-hybridized carbons (Fsp3) is 0. The van der Waals surface area contributed by atoms with E-state index in [0.717, 1.165) is 0 Å². The van der Waals surface area contributed by atoms with E-state index in [4.69, 9.17) is 0 Å². The Balaban J connectivity index is 1.09. The molecule has 0 unspecified atom stereocenters. The molecule has 0 nitrogen and oxygen atoms in total. The Morgan fingerprint density at radius 2 is 0.796 bits per heavy atom. The van der Waals surface area contributed by atoms with Gasteiger partial charge in [0.15, 0.2) is 0 Å². The molecule has 2 heterocycles. The van der Waals surface area contributed by atoms with Gasteiger partial charge in [0.25, 0.3) is 0 Å². The molecular formula is C52H30S2. The number of rotatable bonds is 3. The van der Waals surface area contributed by atoms with Gasteiger partial charge in [-0.2, -0.15) is 0 Å². The maximum atomic E-state index is 2.46. The Bertz CT molecular complexity index is 3430. The first-order valence-corrected chi connectivity index (χ1v) is 20.1. The van der Waals surface area contributed by atoms with Crippen LogP contribution in [0, 0.1) is 0 Å². The molecule has 0 aliphatic carbocycles. The molecule has 0 bridgehead atoms. The third kappa shape index (κ3) is 4.36. The van der Waals surface area contributed by atoms with Crippen LogP contribution < -0.4 is 0 Å². The quantitative estimate of drug-likeness (QED) is 0.160. The van der Waals surface area contributed by atoms with E-state index in [0.29, 0.717) is 0 Å². The van der Waals surface area contributed by atoms with Crippen molar-refractivity contribution < 1.29 is 0 Å². The standard InChI is InChI=1S/C52H30S2/c1-2-13-35-29-36(26-21-31(35)11-1)48-40-17-7-5-15-38(40)47(39-16-6-8-18-41(39)48)34-24-22-33(23-25-34)43-30-46-50(42-19-9-10-20-44(42)53-46)51-49-37-14-4-3-12-32(37)27-28-45(49)54-52(43)51/h1-30H. The Morgan fingerprint density at radius 3 is 1.52 bits per heavy atom. The lowest BCUT2D eigenvalue weighted by molar-refractivity contribution is 1.65. The second-order valence-corrected chi connectivity index (χ2v) is 16.5. The maximum absolute atomic E-state index is 2.46. The van der Waals surface area contributed by atoms with Gasteiger partial charge in [0, 0.05) is 45.9 Å². The second kappa shape index (κ2) is 11.6. The summed E-state index contributed by atoms with van der Waals surface area (Å²) in [6.07, 6.45) is 0. The largest absolute Gasteiger partial charge is 0.135 e. The average molecular weight is 719 g/mol. The zero-order valence-corrected chi connectivity index (χ0v) is 30.8. The van der Waals surface area contributed by atoms with Crippen molar-refractivity contribution in [1.82, 2.24) is 0 Å². The third-order valence-corrected chi connectivity index (χ3v) is 13.7. The summed E-state index contributed by atoms with van der Waals surface area (Å²) in [5.41, 5.74) is 7.62. The molecule has 0 atom stereocenters. The van der Waals surface area contributed by atoms with Crippen LogP contribution in [-0.2, 0) is 0 Å². The van der Waals surface area contributed by atoms with Crippen molar-refractivity contribution in [3.05, 3.63) is 182 Å². The molecule has 0 saturated heterocycles. The Morgan fingerprint density at radius 1 is 0.278 bits per heavy atom. The van der Waals surface area contributed by atoms with Crippen LogP contribution in [0.4, 0.5) is 0 Å². The van der Waals surface area contributed by atoms with Gasteiger partial charge >= 0.3 is 0 Å². The zero-order chi connectivity index (χ0) is 35.3. The van der Waals surface area contributed by atoms with E-state index in [-0.39, 0.29) is 0 Å². The number of benzene rings is 10. The number of hydrogen-bond acceptors (Lipinski definition) is 2. The van der Waals surface area contributed by atoms with Gasteiger partial charge in [0.05, 0.1) is 0 Å². The van der Waals surface area contributed by atoms with E-state index in [1.807, 2.05) is 22.7 Å². The van der Waals surface area contributed by atoms with Crippen molar-refractivity contribution in [1.29, 1.82) is 0 Å². The van der Waals surface area contributed by atoms with Crippen LogP contribution in [-0.4, -0.2) is 0 Å². The summed E-state index contributed by atoms with van der Waals surface area (Å²) in [5, 5.41) is 15.8. The molecule has 12 rings (SSSR count). The third-order valence-electron chi connectivity index (χ3n) is 11.4. The number of fused-ring (bicyclic) bond motifs is 12. The summed E-state index contributed by atoms with van der Waals surface area (Å²) in [5.74, 6) is 0. The number of thiophene rings is 2. The zero-order valence-electron chi connectivity index (χ0n) is 29.1. The Kier molecular flexibility index (Phi) is 6.48. The lowest BCUT2D eigenvalue weighted by atomic mass is 9.85. The molecule has 0 saturated carbocycles. The van der Waals surface area contributed by atoms with E-state index in [9.17, 15) is 0 Å². The molecule has 2 heteroatoms. The van der Waals surface area contributed by atoms with Crippen molar-refractivity contribution >= 4 is 106 Å². The summed E-state index contributed by atoms with van der Waals surface area (Å²) in [7, 11) is 0. The summed E-state index contributed by atoms with van der Waals surface area (Å²) in [6, 6.07) is 67.7.